The van der Waals surface area contributed by atoms with Gasteiger partial charge in [0, 0.05) is 25.6 Å². The molecule has 1 N–H and O–H groups in total. The van der Waals surface area contributed by atoms with E-state index < -0.39 is 19.0 Å². The van der Waals surface area contributed by atoms with Crippen LogP contribution < -0.4 is 0 Å². The van der Waals surface area contributed by atoms with Gasteiger partial charge in [0.25, 0.3) is 5.92 Å². The Balaban J connectivity index is 2.39. The molecule has 0 aliphatic rings. The summed E-state index contributed by atoms with van der Waals surface area (Å²) in [5, 5.41) is 12.8. The van der Waals surface area contributed by atoms with Crippen LogP contribution in [0.1, 0.15) is 12.1 Å². The fraction of sp³-hybridized carbons (Fsp3) is 0.308. The summed E-state index contributed by atoms with van der Waals surface area (Å²) in [6.45, 7) is -0.557. The van der Waals surface area contributed by atoms with Crippen molar-refractivity contribution >= 4 is 0 Å². The number of aryl methyl sites for hydroxylation is 1. The van der Waals surface area contributed by atoms with Crippen molar-refractivity contribution in [1.82, 2.24) is 9.78 Å². The molecule has 0 bridgehead atoms. The van der Waals surface area contributed by atoms with Crippen molar-refractivity contribution in [1.29, 1.82) is 0 Å². The van der Waals surface area contributed by atoms with E-state index in [1.54, 1.807) is 0 Å². The minimum absolute atomic E-state index is 0.185. The third-order valence-electron chi connectivity index (χ3n) is 2.75. The molecule has 0 aliphatic carbocycles. The van der Waals surface area contributed by atoms with E-state index in [1.807, 2.05) is 30.3 Å². The van der Waals surface area contributed by atoms with E-state index in [-0.39, 0.29) is 5.69 Å². The number of aliphatic hydroxyl groups excluding tert-OH is 1. The average molecular weight is 252 g/mol. The molecule has 0 saturated carbocycles. The summed E-state index contributed by atoms with van der Waals surface area (Å²) >= 11 is 0. The quantitative estimate of drug-likeness (QED) is 0.908. The maximum Gasteiger partial charge on any atom is 0.291 e. The van der Waals surface area contributed by atoms with Gasteiger partial charge in [-0.1, -0.05) is 30.3 Å². The van der Waals surface area contributed by atoms with Crippen LogP contribution in [0, 0.1) is 0 Å². The maximum atomic E-state index is 13.7. The molecule has 0 spiro atoms. The van der Waals surface area contributed by atoms with Crippen LogP contribution in [0.4, 0.5) is 8.78 Å². The molecule has 0 atom stereocenters. The first-order valence-electron chi connectivity index (χ1n) is 5.63. The molecule has 0 radical (unpaired) electrons. The normalized spacial score (nSPS) is 11.8. The lowest BCUT2D eigenvalue weighted by Gasteiger charge is -2.14. The van der Waals surface area contributed by atoms with Gasteiger partial charge in [-0.25, -0.2) is 0 Å². The fourth-order valence-corrected chi connectivity index (χ4v) is 1.83. The van der Waals surface area contributed by atoms with Gasteiger partial charge in [-0.05, 0) is 6.07 Å². The Kier molecular flexibility index (Phi) is 3.43. The maximum absolute atomic E-state index is 13.7. The number of alkyl halides is 2. The van der Waals surface area contributed by atoms with E-state index in [0.29, 0.717) is 5.69 Å². The topological polar surface area (TPSA) is 38.0 Å². The first-order valence-corrected chi connectivity index (χ1v) is 5.63. The van der Waals surface area contributed by atoms with Crippen LogP contribution in [0.3, 0.4) is 0 Å². The molecule has 1 aromatic carbocycles. The van der Waals surface area contributed by atoms with Gasteiger partial charge in [0.05, 0.1) is 5.69 Å². The van der Waals surface area contributed by atoms with Gasteiger partial charge >= 0.3 is 0 Å². The zero-order chi connectivity index (χ0) is 13.2. The highest BCUT2D eigenvalue weighted by molar-refractivity contribution is 5.59. The number of hydrogen-bond acceptors (Lipinski definition) is 2. The summed E-state index contributed by atoms with van der Waals surface area (Å²) in [5.74, 6) is -3.07. The van der Waals surface area contributed by atoms with Crippen molar-refractivity contribution in [3.8, 4) is 11.3 Å². The minimum Gasteiger partial charge on any atom is -0.396 e. The highest BCUT2D eigenvalue weighted by Gasteiger charge is 2.34. The predicted molar refractivity (Wildman–Crippen MR) is 64.2 cm³/mol. The second kappa shape index (κ2) is 4.86. The smallest absolute Gasteiger partial charge is 0.291 e. The number of nitrogens with zero attached hydrogens (tertiary/aromatic N) is 2. The Labute approximate surface area is 104 Å². The molecule has 0 unspecified atom stereocenters. The third kappa shape index (κ3) is 2.41. The van der Waals surface area contributed by atoms with Crippen LogP contribution in [0.25, 0.3) is 11.3 Å². The van der Waals surface area contributed by atoms with Crippen molar-refractivity contribution in [2.75, 3.05) is 6.61 Å². The minimum atomic E-state index is -3.07. The average Bonchev–Trinajstić information content (AvgIpc) is 2.73. The van der Waals surface area contributed by atoms with Gasteiger partial charge in [-0.3, -0.25) is 4.68 Å². The van der Waals surface area contributed by atoms with Crippen LogP contribution in [0.5, 0.6) is 0 Å². The van der Waals surface area contributed by atoms with Crippen LogP contribution in [0.2, 0.25) is 0 Å². The second-order valence-corrected chi connectivity index (χ2v) is 4.08. The highest BCUT2D eigenvalue weighted by atomic mass is 19.3. The van der Waals surface area contributed by atoms with E-state index in [2.05, 4.69) is 5.10 Å². The fourth-order valence-electron chi connectivity index (χ4n) is 1.83. The summed E-state index contributed by atoms with van der Waals surface area (Å²) in [5.41, 5.74) is 1.11. The molecule has 96 valence electrons. The molecule has 2 aromatic rings. The second-order valence-electron chi connectivity index (χ2n) is 4.08. The zero-order valence-electron chi connectivity index (χ0n) is 9.98. The molecule has 0 aliphatic heterocycles. The highest BCUT2D eigenvalue weighted by Crippen LogP contribution is 2.33. The van der Waals surface area contributed by atoms with E-state index in [4.69, 9.17) is 5.11 Å². The van der Waals surface area contributed by atoms with Crippen molar-refractivity contribution in [3.05, 3.63) is 42.1 Å². The largest absolute Gasteiger partial charge is 0.396 e. The lowest BCUT2D eigenvalue weighted by Crippen LogP contribution is -2.19. The van der Waals surface area contributed by atoms with Crippen LogP contribution in [-0.4, -0.2) is 21.5 Å². The number of aromatic nitrogens is 2. The molecular weight excluding hydrogens is 238 g/mol. The van der Waals surface area contributed by atoms with Crippen molar-refractivity contribution in [3.63, 3.8) is 0 Å². The Morgan fingerprint density at radius 2 is 1.94 bits per heavy atom. The van der Waals surface area contributed by atoms with Gasteiger partial charge in [-0.2, -0.15) is 13.9 Å². The first-order chi connectivity index (χ1) is 8.54. The number of halogens is 2. The Morgan fingerprint density at radius 1 is 1.28 bits per heavy atom. The molecule has 0 amide bonds. The Morgan fingerprint density at radius 3 is 2.56 bits per heavy atom. The number of aliphatic hydroxyl groups is 1. The van der Waals surface area contributed by atoms with Crippen molar-refractivity contribution in [2.24, 2.45) is 7.05 Å². The summed E-state index contributed by atoms with van der Waals surface area (Å²) in [6.07, 6.45) is -0.596. The summed E-state index contributed by atoms with van der Waals surface area (Å²) in [7, 11) is 1.48. The lowest BCUT2D eigenvalue weighted by atomic mass is 10.1. The molecule has 1 heterocycles. The standard InChI is InChI=1S/C13H14F2N2O/c1-17-12(13(14,15)7-8-18)9-11(16-17)10-5-3-2-4-6-10/h2-6,9,18H,7-8H2,1H3. The van der Waals surface area contributed by atoms with E-state index >= 15 is 0 Å². The van der Waals surface area contributed by atoms with E-state index in [9.17, 15) is 8.78 Å². The van der Waals surface area contributed by atoms with Crippen molar-refractivity contribution < 1.29 is 13.9 Å². The van der Waals surface area contributed by atoms with Gasteiger partial charge < -0.3 is 5.11 Å². The Bertz CT molecular complexity index is 523. The Hall–Kier alpha value is -1.75. The van der Waals surface area contributed by atoms with Gasteiger partial charge in [0.15, 0.2) is 0 Å². The molecule has 2 rings (SSSR count). The van der Waals surface area contributed by atoms with Crippen LogP contribution in [0.15, 0.2) is 36.4 Å². The number of benzene rings is 1. The monoisotopic (exact) mass is 252 g/mol. The molecule has 3 nitrogen and oxygen atoms in total. The van der Waals surface area contributed by atoms with E-state index in [0.717, 1.165) is 10.2 Å². The molecule has 0 fully saturated rings. The van der Waals surface area contributed by atoms with Crippen LogP contribution in [-0.2, 0) is 13.0 Å². The molecule has 1 aromatic heterocycles. The molecule has 0 saturated heterocycles. The van der Waals surface area contributed by atoms with E-state index in [1.165, 1.54) is 13.1 Å². The lowest BCUT2D eigenvalue weighted by molar-refractivity contribution is -0.0342. The van der Waals surface area contributed by atoms with Crippen molar-refractivity contribution in [2.45, 2.75) is 12.3 Å². The van der Waals surface area contributed by atoms with Gasteiger partial charge in [0.2, 0.25) is 0 Å². The number of hydrogen-bond donors (Lipinski definition) is 1. The van der Waals surface area contributed by atoms with Gasteiger partial charge in [0.1, 0.15) is 5.69 Å². The third-order valence-corrected chi connectivity index (χ3v) is 2.75. The molecule has 18 heavy (non-hydrogen) atoms. The molecular formula is C13H14F2N2O. The zero-order valence-corrected chi connectivity index (χ0v) is 9.98. The summed E-state index contributed by atoms with van der Waals surface area (Å²) in [6, 6.07) is 10.5. The summed E-state index contributed by atoms with van der Waals surface area (Å²) < 4.78 is 28.6. The SMILES string of the molecule is Cn1nc(-c2ccccc2)cc1C(F)(F)CCO. The van der Waals surface area contributed by atoms with Crippen LogP contribution >= 0.6 is 0 Å². The predicted octanol–water partition coefficient (Wildman–Crippen LogP) is 2.56. The summed E-state index contributed by atoms with van der Waals surface area (Å²) in [4.78, 5) is 0. The molecule has 5 heteroatoms. The first kappa shape index (κ1) is 12.7. The van der Waals surface area contributed by atoms with Gasteiger partial charge in [-0.15, -0.1) is 0 Å². The number of rotatable bonds is 4.